The molecule has 3 aromatic rings. The molecule has 0 bridgehead atoms. The van der Waals surface area contributed by atoms with E-state index in [9.17, 15) is 4.79 Å². The monoisotopic (exact) mass is 342 g/mol. The molecule has 0 radical (unpaired) electrons. The van der Waals surface area contributed by atoms with Crippen molar-refractivity contribution in [1.82, 2.24) is 4.98 Å². The lowest BCUT2D eigenvalue weighted by molar-refractivity contribution is -0.115. The first-order valence-corrected chi connectivity index (χ1v) is 9.31. The smallest absolute Gasteiger partial charge is 0.230 e. The number of thiophene rings is 1. The summed E-state index contributed by atoms with van der Waals surface area (Å²) in [6.45, 7) is 4.22. The quantitative estimate of drug-likeness (QED) is 0.694. The van der Waals surface area contributed by atoms with Crippen LogP contribution in [0.25, 0.3) is 11.1 Å². The molecule has 118 valence electrons. The molecule has 0 fully saturated rings. The Morgan fingerprint density at radius 2 is 2.09 bits per heavy atom. The molecule has 0 saturated carbocycles. The maximum Gasteiger partial charge on any atom is 0.230 e. The number of anilines is 1. The number of amides is 1. The molecule has 5 heteroatoms. The Balaban J connectivity index is 1.66. The van der Waals surface area contributed by atoms with Gasteiger partial charge in [-0.25, -0.2) is 4.98 Å². The third kappa shape index (κ3) is 4.06. The van der Waals surface area contributed by atoms with Gasteiger partial charge in [0.2, 0.25) is 5.91 Å². The van der Waals surface area contributed by atoms with Gasteiger partial charge < -0.3 is 5.32 Å². The zero-order valence-electron chi connectivity index (χ0n) is 13.1. The van der Waals surface area contributed by atoms with Crippen LogP contribution >= 0.6 is 22.7 Å². The van der Waals surface area contributed by atoms with Crippen LogP contribution in [0, 0.1) is 0 Å². The second-order valence-corrected chi connectivity index (χ2v) is 7.32. The molecule has 1 amide bonds. The van der Waals surface area contributed by atoms with Gasteiger partial charge in [0.25, 0.3) is 0 Å². The minimum atomic E-state index is -0.0342. The van der Waals surface area contributed by atoms with Crippen LogP contribution in [0.4, 0.5) is 5.69 Å². The van der Waals surface area contributed by atoms with Crippen molar-refractivity contribution in [3.05, 3.63) is 57.2 Å². The molecule has 23 heavy (non-hydrogen) atoms. The highest BCUT2D eigenvalue weighted by atomic mass is 32.1. The number of thiazole rings is 1. The lowest BCUT2D eigenvalue weighted by Gasteiger charge is -2.06. The van der Waals surface area contributed by atoms with Gasteiger partial charge in [-0.1, -0.05) is 26.0 Å². The molecule has 0 saturated heterocycles. The zero-order chi connectivity index (χ0) is 16.2. The molecular formula is C18H18N2OS2. The molecule has 0 spiro atoms. The fraction of sp³-hybridized carbons (Fsp3) is 0.222. The van der Waals surface area contributed by atoms with E-state index in [0.29, 0.717) is 12.3 Å². The second-order valence-electron chi connectivity index (χ2n) is 5.65. The van der Waals surface area contributed by atoms with Gasteiger partial charge in [-0.2, -0.15) is 11.3 Å². The highest BCUT2D eigenvalue weighted by molar-refractivity contribution is 7.09. The number of hydrogen-bond donors (Lipinski definition) is 1. The van der Waals surface area contributed by atoms with Crippen LogP contribution in [0.15, 0.2) is 46.5 Å². The van der Waals surface area contributed by atoms with Crippen molar-refractivity contribution in [3.63, 3.8) is 0 Å². The highest BCUT2D eigenvalue weighted by Gasteiger charge is 2.10. The molecule has 3 rings (SSSR count). The number of aromatic nitrogens is 1. The van der Waals surface area contributed by atoms with Crippen LogP contribution < -0.4 is 5.32 Å². The van der Waals surface area contributed by atoms with E-state index in [4.69, 9.17) is 0 Å². The van der Waals surface area contributed by atoms with Crippen LogP contribution in [0.2, 0.25) is 0 Å². The summed E-state index contributed by atoms with van der Waals surface area (Å²) in [6, 6.07) is 10.00. The standard InChI is InChI=1S/C18H18N2OS2/c1-12(2)18-20-16(11-23-18)9-17(21)19-15-5-3-4-13(8-15)14-6-7-22-10-14/h3-8,10-12H,9H2,1-2H3,(H,19,21). The lowest BCUT2D eigenvalue weighted by atomic mass is 10.1. The average Bonchev–Trinajstić information content (AvgIpc) is 3.18. The first kappa shape index (κ1) is 15.9. The fourth-order valence-corrected chi connectivity index (χ4v) is 3.74. The minimum Gasteiger partial charge on any atom is -0.326 e. The van der Waals surface area contributed by atoms with Crippen molar-refractivity contribution in [3.8, 4) is 11.1 Å². The van der Waals surface area contributed by atoms with Crippen molar-refractivity contribution in [2.45, 2.75) is 26.2 Å². The molecule has 0 aliphatic carbocycles. The van der Waals surface area contributed by atoms with E-state index in [1.165, 1.54) is 5.56 Å². The Bertz CT molecular complexity index is 791. The van der Waals surface area contributed by atoms with Gasteiger partial charge in [-0.05, 0) is 40.1 Å². The van der Waals surface area contributed by atoms with Crippen molar-refractivity contribution in [2.24, 2.45) is 0 Å². The van der Waals surface area contributed by atoms with Crippen molar-refractivity contribution >= 4 is 34.3 Å². The van der Waals surface area contributed by atoms with Gasteiger partial charge in [-0.3, -0.25) is 4.79 Å². The van der Waals surface area contributed by atoms with Crippen LogP contribution in [0.1, 0.15) is 30.5 Å². The van der Waals surface area contributed by atoms with Crippen molar-refractivity contribution in [2.75, 3.05) is 5.32 Å². The summed E-state index contributed by atoms with van der Waals surface area (Å²) in [4.78, 5) is 16.7. The summed E-state index contributed by atoms with van der Waals surface area (Å²) in [5, 5.41) is 10.2. The SMILES string of the molecule is CC(C)c1nc(CC(=O)Nc2cccc(-c3ccsc3)c2)cs1. The van der Waals surface area contributed by atoms with E-state index in [1.54, 1.807) is 22.7 Å². The Labute approximate surface area is 144 Å². The molecule has 0 aliphatic rings. The van der Waals surface area contributed by atoms with Crippen LogP contribution in [-0.4, -0.2) is 10.9 Å². The van der Waals surface area contributed by atoms with Crippen LogP contribution in [-0.2, 0) is 11.2 Å². The molecule has 0 unspecified atom stereocenters. The van der Waals surface area contributed by atoms with E-state index >= 15 is 0 Å². The second kappa shape index (κ2) is 7.06. The fourth-order valence-electron chi connectivity index (χ4n) is 2.24. The Morgan fingerprint density at radius 3 is 2.78 bits per heavy atom. The molecule has 1 N–H and O–H groups in total. The van der Waals surface area contributed by atoms with E-state index in [2.05, 4.69) is 41.0 Å². The van der Waals surface area contributed by atoms with E-state index in [1.807, 2.05) is 29.6 Å². The minimum absolute atomic E-state index is 0.0342. The predicted octanol–water partition coefficient (Wildman–Crippen LogP) is 5.18. The summed E-state index contributed by atoms with van der Waals surface area (Å²) in [7, 11) is 0. The van der Waals surface area contributed by atoms with E-state index in [0.717, 1.165) is 22.0 Å². The average molecular weight is 342 g/mol. The number of hydrogen-bond acceptors (Lipinski definition) is 4. The van der Waals surface area contributed by atoms with E-state index < -0.39 is 0 Å². The third-order valence-electron chi connectivity index (χ3n) is 3.41. The Hall–Kier alpha value is -1.98. The van der Waals surface area contributed by atoms with Gasteiger partial charge in [0.1, 0.15) is 0 Å². The summed E-state index contributed by atoms with van der Waals surface area (Å²) < 4.78 is 0. The molecule has 3 nitrogen and oxygen atoms in total. The first-order chi connectivity index (χ1) is 11.1. The molecule has 2 aromatic heterocycles. The normalized spacial score (nSPS) is 10.9. The number of nitrogens with one attached hydrogen (secondary N) is 1. The largest absolute Gasteiger partial charge is 0.326 e. The maximum absolute atomic E-state index is 12.2. The lowest BCUT2D eigenvalue weighted by Crippen LogP contribution is -2.14. The molecule has 0 aliphatic heterocycles. The number of carbonyl (C=O) groups is 1. The van der Waals surface area contributed by atoms with E-state index in [-0.39, 0.29) is 5.91 Å². The number of nitrogens with zero attached hydrogens (tertiary/aromatic N) is 1. The van der Waals surface area contributed by atoms with Gasteiger partial charge in [0.15, 0.2) is 0 Å². The molecule has 0 atom stereocenters. The van der Waals surface area contributed by atoms with Gasteiger partial charge in [0, 0.05) is 17.0 Å². The summed E-state index contributed by atoms with van der Waals surface area (Å²) in [5.74, 6) is 0.368. The predicted molar refractivity (Wildman–Crippen MR) is 98.3 cm³/mol. The number of carbonyl (C=O) groups excluding carboxylic acids is 1. The maximum atomic E-state index is 12.2. The van der Waals surface area contributed by atoms with Gasteiger partial charge >= 0.3 is 0 Å². The van der Waals surface area contributed by atoms with Crippen molar-refractivity contribution in [1.29, 1.82) is 0 Å². The Morgan fingerprint density at radius 1 is 1.22 bits per heavy atom. The first-order valence-electron chi connectivity index (χ1n) is 7.48. The molecule has 2 heterocycles. The van der Waals surface area contributed by atoms with Gasteiger partial charge in [-0.15, -0.1) is 11.3 Å². The van der Waals surface area contributed by atoms with Crippen molar-refractivity contribution < 1.29 is 4.79 Å². The van der Waals surface area contributed by atoms with Gasteiger partial charge in [0.05, 0.1) is 17.1 Å². The van der Waals surface area contributed by atoms with Crippen LogP contribution in [0.3, 0.4) is 0 Å². The number of benzene rings is 1. The highest BCUT2D eigenvalue weighted by Crippen LogP contribution is 2.25. The molecule has 1 aromatic carbocycles. The summed E-state index contributed by atoms with van der Waals surface area (Å²) in [6.07, 6.45) is 0.311. The number of rotatable bonds is 5. The summed E-state index contributed by atoms with van der Waals surface area (Å²) >= 11 is 3.28. The van der Waals surface area contributed by atoms with Crippen LogP contribution in [0.5, 0.6) is 0 Å². The molecular weight excluding hydrogens is 324 g/mol. The Kier molecular flexibility index (Phi) is 4.88. The topological polar surface area (TPSA) is 42.0 Å². The third-order valence-corrected chi connectivity index (χ3v) is 5.28. The zero-order valence-corrected chi connectivity index (χ0v) is 14.7. The summed E-state index contributed by atoms with van der Waals surface area (Å²) in [5.41, 5.74) is 3.94.